The van der Waals surface area contributed by atoms with E-state index in [0.29, 0.717) is 6.04 Å². The van der Waals surface area contributed by atoms with Crippen molar-refractivity contribution in [2.75, 3.05) is 11.9 Å². The lowest BCUT2D eigenvalue weighted by molar-refractivity contribution is 0.424. The largest absolute Gasteiger partial charge is 0.356 e. The molecule has 0 aliphatic heterocycles. The second-order valence-electron chi connectivity index (χ2n) is 6.53. The Bertz CT molecular complexity index is 386. The molecule has 0 N–H and O–H groups in total. The summed E-state index contributed by atoms with van der Waals surface area (Å²) in [4.78, 5) is 7.06. The fraction of sp³-hybridized carbons (Fsp3) is 0.688. The van der Waals surface area contributed by atoms with Gasteiger partial charge in [-0.1, -0.05) is 46.1 Å². The fourth-order valence-corrected chi connectivity index (χ4v) is 2.90. The Morgan fingerprint density at radius 2 is 1.83 bits per heavy atom. The normalized spacial score (nSPS) is 17.8. The molecule has 2 heteroatoms. The van der Waals surface area contributed by atoms with Crippen molar-refractivity contribution in [2.45, 2.75) is 64.3 Å². The van der Waals surface area contributed by atoms with Gasteiger partial charge in [-0.25, -0.2) is 4.98 Å². The molecular weight excluding hydrogens is 220 g/mol. The molecule has 0 amide bonds. The molecule has 0 unspecified atom stereocenters. The van der Waals surface area contributed by atoms with Crippen LogP contribution in [0.3, 0.4) is 0 Å². The van der Waals surface area contributed by atoms with Crippen LogP contribution >= 0.6 is 0 Å². The van der Waals surface area contributed by atoms with Crippen molar-refractivity contribution in [1.29, 1.82) is 0 Å². The van der Waals surface area contributed by atoms with E-state index in [4.69, 9.17) is 0 Å². The molecule has 1 heterocycles. The van der Waals surface area contributed by atoms with Gasteiger partial charge >= 0.3 is 0 Å². The average Bonchev–Trinajstić information content (AvgIpc) is 2.38. The number of rotatable bonds is 2. The van der Waals surface area contributed by atoms with E-state index < -0.39 is 0 Å². The standard InChI is InChI=1S/C16H26N2/c1-16(2,3)14-11-8-12-17-15(14)18(4)13-9-6-5-7-10-13/h8,11-13H,5-7,9-10H2,1-4H3. The molecule has 0 aromatic carbocycles. The zero-order valence-electron chi connectivity index (χ0n) is 12.2. The summed E-state index contributed by atoms with van der Waals surface area (Å²) in [5, 5.41) is 0. The average molecular weight is 246 g/mol. The van der Waals surface area contributed by atoms with Gasteiger partial charge in [0.15, 0.2) is 0 Å². The maximum Gasteiger partial charge on any atom is 0.132 e. The monoisotopic (exact) mass is 246 g/mol. The third-order valence-electron chi connectivity index (χ3n) is 4.05. The van der Waals surface area contributed by atoms with E-state index in [-0.39, 0.29) is 5.41 Å². The van der Waals surface area contributed by atoms with Gasteiger partial charge in [-0.05, 0) is 24.3 Å². The van der Waals surface area contributed by atoms with E-state index in [1.807, 2.05) is 6.20 Å². The highest BCUT2D eigenvalue weighted by Crippen LogP contribution is 2.32. The van der Waals surface area contributed by atoms with Crippen molar-refractivity contribution in [1.82, 2.24) is 4.98 Å². The predicted molar refractivity (Wildman–Crippen MR) is 78.2 cm³/mol. The molecule has 18 heavy (non-hydrogen) atoms. The molecule has 0 saturated heterocycles. The van der Waals surface area contributed by atoms with Crippen LogP contribution in [0.1, 0.15) is 58.4 Å². The van der Waals surface area contributed by atoms with Gasteiger partial charge in [-0.3, -0.25) is 0 Å². The Morgan fingerprint density at radius 1 is 1.17 bits per heavy atom. The van der Waals surface area contributed by atoms with Gasteiger partial charge in [0.25, 0.3) is 0 Å². The van der Waals surface area contributed by atoms with E-state index in [0.717, 1.165) is 0 Å². The van der Waals surface area contributed by atoms with E-state index in [2.05, 4.69) is 49.8 Å². The summed E-state index contributed by atoms with van der Waals surface area (Å²) >= 11 is 0. The summed E-state index contributed by atoms with van der Waals surface area (Å²) < 4.78 is 0. The number of pyridine rings is 1. The molecule has 1 aliphatic carbocycles. The highest BCUT2D eigenvalue weighted by molar-refractivity contribution is 5.50. The third kappa shape index (κ3) is 2.85. The van der Waals surface area contributed by atoms with Crippen LogP contribution in [0.2, 0.25) is 0 Å². The Balaban J connectivity index is 2.26. The van der Waals surface area contributed by atoms with Crippen molar-refractivity contribution in [3.63, 3.8) is 0 Å². The molecule has 1 aromatic rings. The number of anilines is 1. The highest BCUT2D eigenvalue weighted by atomic mass is 15.2. The minimum atomic E-state index is 0.159. The van der Waals surface area contributed by atoms with Crippen LogP contribution in [-0.2, 0) is 5.41 Å². The van der Waals surface area contributed by atoms with Crippen LogP contribution in [0.15, 0.2) is 18.3 Å². The second-order valence-corrected chi connectivity index (χ2v) is 6.53. The molecule has 0 radical (unpaired) electrons. The Hall–Kier alpha value is -1.05. The lowest BCUT2D eigenvalue weighted by Crippen LogP contribution is -2.35. The van der Waals surface area contributed by atoms with Gasteiger partial charge in [0.1, 0.15) is 5.82 Å². The van der Waals surface area contributed by atoms with Crippen LogP contribution in [0.5, 0.6) is 0 Å². The van der Waals surface area contributed by atoms with Crippen molar-refractivity contribution >= 4 is 5.82 Å². The number of aromatic nitrogens is 1. The fourth-order valence-electron chi connectivity index (χ4n) is 2.90. The zero-order valence-corrected chi connectivity index (χ0v) is 12.2. The van der Waals surface area contributed by atoms with Crippen LogP contribution in [0.25, 0.3) is 0 Å². The molecule has 2 rings (SSSR count). The van der Waals surface area contributed by atoms with Crippen LogP contribution in [-0.4, -0.2) is 18.1 Å². The van der Waals surface area contributed by atoms with Crippen molar-refractivity contribution in [3.8, 4) is 0 Å². The molecule has 0 atom stereocenters. The quantitative estimate of drug-likeness (QED) is 0.779. The van der Waals surface area contributed by atoms with E-state index in [1.54, 1.807) is 0 Å². The molecule has 2 nitrogen and oxygen atoms in total. The summed E-state index contributed by atoms with van der Waals surface area (Å²) in [6, 6.07) is 4.95. The maximum atomic E-state index is 4.65. The molecule has 1 fully saturated rings. The van der Waals surface area contributed by atoms with E-state index in [1.165, 1.54) is 43.5 Å². The van der Waals surface area contributed by atoms with Crippen molar-refractivity contribution in [2.24, 2.45) is 0 Å². The predicted octanol–water partition coefficient (Wildman–Crippen LogP) is 4.15. The minimum Gasteiger partial charge on any atom is -0.356 e. The summed E-state index contributed by atoms with van der Waals surface area (Å²) in [6.07, 6.45) is 8.69. The van der Waals surface area contributed by atoms with Gasteiger partial charge in [0, 0.05) is 24.8 Å². The first kappa shape index (κ1) is 13.4. The van der Waals surface area contributed by atoms with Gasteiger partial charge < -0.3 is 4.90 Å². The molecule has 0 spiro atoms. The highest BCUT2D eigenvalue weighted by Gasteiger charge is 2.25. The molecule has 0 bridgehead atoms. The Morgan fingerprint density at radius 3 is 2.44 bits per heavy atom. The SMILES string of the molecule is CN(c1ncccc1C(C)(C)C)C1CCCCC1. The second kappa shape index (κ2) is 5.29. The summed E-state index contributed by atoms with van der Waals surface area (Å²) in [5.74, 6) is 1.18. The van der Waals surface area contributed by atoms with E-state index in [9.17, 15) is 0 Å². The van der Waals surface area contributed by atoms with Gasteiger partial charge in [-0.15, -0.1) is 0 Å². The zero-order chi connectivity index (χ0) is 13.2. The van der Waals surface area contributed by atoms with Gasteiger partial charge in [-0.2, -0.15) is 0 Å². The molecular formula is C16H26N2. The van der Waals surface area contributed by atoms with E-state index >= 15 is 0 Å². The van der Waals surface area contributed by atoms with Gasteiger partial charge in [0.2, 0.25) is 0 Å². The van der Waals surface area contributed by atoms with Crippen molar-refractivity contribution in [3.05, 3.63) is 23.9 Å². The summed E-state index contributed by atoms with van der Waals surface area (Å²) in [5.41, 5.74) is 1.52. The first-order valence-electron chi connectivity index (χ1n) is 7.18. The molecule has 1 aliphatic rings. The molecule has 1 saturated carbocycles. The van der Waals surface area contributed by atoms with Crippen LogP contribution < -0.4 is 4.90 Å². The Labute approximate surface area is 111 Å². The number of nitrogens with zero attached hydrogens (tertiary/aromatic N) is 2. The minimum absolute atomic E-state index is 0.159. The van der Waals surface area contributed by atoms with Crippen LogP contribution in [0.4, 0.5) is 5.82 Å². The first-order chi connectivity index (χ1) is 8.50. The number of hydrogen-bond acceptors (Lipinski definition) is 2. The summed E-state index contributed by atoms with van der Waals surface area (Å²) in [7, 11) is 2.22. The maximum absolute atomic E-state index is 4.65. The summed E-state index contributed by atoms with van der Waals surface area (Å²) in [6.45, 7) is 6.80. The van der Waals surface area contributed by atoms with Gasteiger partial charge in [0.05, 0.1) is 0 Å². The third-order valence-corrected chi connectivity index (χ3v) is 4.05. The van der Waals surface area contributed by atoms with Crippen molar-refractivity contribution < 1.29 is 0 Å². The molecule has 1 aromatic heterocycles. The van der Waals surface area contributed by atoms with Crippen LogP contribution in [0, 0.1) is 0 Å². The number of hydrogen-bond donors (Lipinski definition) is 0. The lowest BCUT2D eigenvalue weighted by Gasteiger charge is -2.35. The smallest absolute Gasteiger partial charge is 0.132 e. The Kier molecular flexibility index (Phi) is 3.94. The first-order valence-corrected chi connectivity index (χ1v) is 7.18. The lowest BCUT2D eigenvalue weighted by atomic mass is 9.86. The topological polar surface area (TPSA) is 16.1 Å². The molecule has 100 valence electrons.